The topological polar surface area (TPSA) is 42.7 Å². The van der Waals surface area contributed by atoms with Gasteiger partial charge in [-0.3, -0.25) is 4.79 Å². The number of amides is 1. The molecular weight excluding hydrogens is 352 g/mol. The Morgan fingerprint density at radius 2 is 1.59 bits per heavy atom. The van der Waals surface area contributed by atoms with Gasteiger partial charge in [0, 0.05) is 12.1 Å². The van der Waals surface area contributed by atoms with Gasteiger partial charge in [-0.05, 0) is 54.1 Å². The van der Waals surface area contributed by atoms with E-state index < -0.39 is 0 Å². The Bertz CT molecular complexity index is 935. The second kappa shape index (κ2) is 7.32. The lowest BCUT2D eigenvalue weighted by Gasteiger charge is -2.32. The summed E-state index contributed by atoms with van der Waals surface area (Å²) < 4.78 is 37.6. The van der Waals surface area contributed by atoms with Gasteiger partial charge in [-0.15, -0.1) is 0 Å². The van der Waals surface area contributed by atoms with Crippen molar-refractivity contribution in [2.24, 2.45) is 0 Å². The number of hydrogen-bond donors (Lipinski definition) is 0. The molecule has 3 aromatic rings. The van der Waals surface area contributed by atoms with Gasteiger partial charge in [0.05, 0.1) is 13.2 Å². The number of furan rings is 1. The molecule has 1 aliphatic rings. The van der Waals surface area contributed by atoms with Crippen LogP contribution in [0.3, 0.4) is 0 Å². The molecule has 1 aromatic heterocycles. The zero-order chi connectivity index (χ0) is 18.8. The molecule has 4 nitrogen and oxygen atoms in total. The van der Waals surface area contributed by atoms with Gasteiger partial charge >= 0.3 is 0 Å². The van der Waals surface area contributed by atoms with E-state index in [1.165, 1.54) is 24.3 Å². The smallest absolute Gasteiger partial charge is 0.289 e. The molecule has 1 aliphatic heterocycles. The van der Waals surface area contributed by atoms with Crippen LogP contribution in [0.25, 0.3) is 11.3 Å². The lowest BCUT2D eigenvalue weighted by molar-refractivity contribution is -0.0237. The molecule has 0 spiro atoms. The van der Waals surface area contributed by atoms with Crippen LogP contribution in [0.15, 0.2) is 65.1 Å². The van der Waals surface area contributed by atoms with E-state index in [0.717, 1.165) is 5.56 Å². The predicted molar refractivity (Wildman–Crippen MR) is 95.1 cm³/mol. The first-order valence-corrected chi connectivity index (χ1v) is 8.62. The van der Waals surface area contributed by atoms with Crippen LogP contribution >= 0.6 is 0 Å². The Hall–Kier alpha value is -2.99. The molecule has 4 rings (SSSR count). The van der Waals surface area contributed by atoms with Crippen molar-refractivity contribution in [1.29, 1.82) is 0 Å². The molecule has 0 radical (unpaired) electrons. The van der Waals surface area contributed by atoms with Crippen molar-refractivity contribution in [3.05, 3.63) is 83.6 Å². The maximum absolute atomic E-state index is 13.1. The lowest BCUT2D eigenvalue weighted by atomic mass is 10.1. The van der Waals surface area contributed by atoms with Gasteiger partial charge in [0.25, 0.3) is 5.91 Å². The van der Waals surface area contributed by atoms with Gasteiger partial charge in [-0.2, -0.15) is 0 Å². The molecule has 0 N–H and O–H groups in total. The van der Waals surface area contributed by atoms with Gasteiger partial charge in [-0.25, -0.2) is 8.78 Å². The molecule has 0 bridgehead atoms. The Kier molecular flexibility index (Phi) is 4.73. The highest BCUT2D eigenvalue weighted by Gasteiger charge is 2.28. The fourth-order valence-corrected chi connectivity index (χ4v) is 3.09. The average Bonchev–Trinajstić information content (AvgIpc) is 3.19. The molecule has 1 fully saturated rings. The number of halogens is 2. The van der Waals surface area contributed by atoms with E-state index in [2.05, 4.69) is 0 Å². The summed E-state index contributed by atoms with van der Waals surface area (Å²) in [6.45, 7) is 1.19. The number of ether oxygens (including phenoxy) is 1. The Morgan fingerprint density at radius 3 is 2.30 bits per heavy atom. The van der Waals surface area contributed by atoms with E-state index in [-0.39, 0.29) is 29.4 Å². The summed E-state index contributed by atoms with van der Waals surface area (Å²) in [5.74, 6) is -0.164. The molecule has 0 saturated carbocycles. The largest absolute Gasteiger partial charge is 0.451 e. The van der Waals surface area contributed by atoms with Crippen LogP contribution in [0, 0.1) is 11.6 Å². The third-order valence-corrected chi connectivity index (χ3v) is 4.54. The normalized spacial score (nSPS) is 17.1. The summed E-state index contributed by atoms with van der Waals surface area (Å²) in [4.78, 5) is 14.4. The van der Waals surface area contributed by atoms with Crippen molar-refractivity contribution in [2.45, 2.75) is 6.10 Å². The summed E-state index contributed by atoms with van der Waals surface area (Å²) in [5, 5.41) is 0. The van der Waals surface area contributed by atoms with E-state index in [1.54, 1.807) is 41.3 Å². The second-order valence-electron chi connectivity index (χ2n) is 6.33. The first-order valence-electron chi connectivity index (χ1n) is 8.62. The van der Waals surface area contributed by atoms with Crippen LogP contribution in [0.1, 0.15) is 22.2 Å². The fraction of sp³-hybridized carbons (Fsp3) is 0.190. The molecule has 2 heterocycles. The molecule has 1 unspecified atom stereocenters. The summed E-state index contributed by atoms with van der Waals surface area (Å²) >= 11 is 0. The van der Waals surface area contributed by atoms with Crippen LogP contribution in [-0.4, -0.2) is 30.5 Å². The number of hydrogen-bond acceptors (Lipinski definition) is 3. The molecule has 0 aliphatic carbocycles. The van der Waals surface area contributed by atoms with Crippen LogP contribution < -0.4 is 0 Å². The van der Waals surface area contributed by atoms with Crippen LogP contribution in [0.4, 0.5) is 8.78 Å². The maximum Gasteiger partial charge on any atom is 0.289 e. The van der Waals surface area contributed by atoms with E-state index >= 15 is 0 Å². The van der Waals surface area contributed by atoms with Crippen molar-refractivity contribution >= 4 is 5.91 Å². The molecule has 1 atom stereocenters. The monoisotopic (exact) mass is 369 g/mol. The molecule has 6 heteroatoms. The molecule has 138 valence electrons. The molecule has 1 saturated heterocycles. The first kappa shape index (κ1) is 17.4. The van der Waals surface area contributed by atoms with E-state index in [0.29, 0.717) is 31.0 Å². The highest BCUT2D eigenvalue weighted by Crippen LogP contribution is 2.26. The number of morpholine rings is 1. The average molecular weight is 369 g/mol. The van der Waals surface area contributed by atoms with Crippen LogP contribution in [-0.2, 0) is 4.74 Å². The van der Waals surface area contributed by atoms with Gasteiger partial charge in [-0.1, -0.05) is 12.1 Å². The number of carbonyl (C=O) groups excluding carboxylic acids is 1. The Morgan fingerprint density at radius 1 is 0.926 bits per heavy atom. The van der Waals surface area contributed by atoms with E-state index in [4.69, 9.17) is 9.15 Å². The van der Waals surface area contributed by atoms with Crippen LogP contribution in [0.2, 0.25) is 0 Å². The second-order valence-corrected chi connectivity index (χ2v) is 6.33. The van der Waals surface area contributed by atoms with Crippen molar-refractivity contribution in [1.82, 2.24) is 4.90 Å². The van der Waals surface area contributed by atoms with Gasteiger partial charge < -0.3 is 14.1 Å². The van der Waals surface area contributed by atoms with Gasteiger partial charge in [0.1, 0.15) is 23.5 Å². The summed E-state index contributed by atoms with van der Waals surface area (Å²) in [6, 6.07) is 15.3. The molecule has 1 amide bonds. The minimum atomic E-state index is -0.332. The quantitative estimate of drug-likeness (QED) is 0.686. The highest BCUT2D eigenvalue weighted by molar-refractivity contribution is 5.92. The molecular formula is C21H17F2NO3. The number of benzene rings is 2. The standard InChI is InChI=1S/C21H17F2NO3/c22-16-5-1-14(2-6-16)18-9-10-19(27-18)21(25)24-11-12-26-20(13-24)15-3-7-17(23)8-4-15/h1-10,20H,11-13H2. The third kappa shape index (κ3) is 3.75. The minimum Gasteiger partial charge on any atom is -0.451 e. The van der Waals surface area contributed by atoms with E-state index in [1.807, 2.05) is 0 Å². The summed E-state index contributed by atoms with van der Waals surface area (Å²) in [5.41, 5.74) is 1.52. The Balaban J connectivity index is 1.49. The van der Waals surface area contributed by atoms with Crippen molar-refractivity contribution in [3.63, 3.8) is 0 Å². The van der Waals surface area contributed by atoms with Gasteiger partial charge in [0.2, 0.25) is 0 Å². The fourth-order valence-electron chi connectivity index (χ4n) is 3.09. The zero-order valence-electron chi connectivity index (χ0n) is 14.4. The minimum absolute atomic E-state index is 0.217. The first-order chi connectivity index (χ1) is 13.1. The number of nitrogens with zero attached hydrogens (tertiary/aromatic N) is 1. The molecule has 2 aromatic carbocycles. The maximum atomic E-state index is 13.1. The Labute approximate surface area is 155 Å². The third-order valence-electron chi connectivity index (χ3n) is 4.54. The van der Waals surface area contributed by atoms with Crippen molar-refractivity contribution in [3.8, 4) is 11.3 Å². The predicted octanol–water partition coefficient (Wildman–Crippen LogP) is 4.44. The molecule has 27 heavy (non-hydrogen) atoms. The van der Waals surface area contributed by atoms with Crippen LogP contribution in [0.5, 0.6) is 0 Å². The zero-order valence-corrected chi connectivity index (χ0v) is 14.4. The lowest BCUT2D eigenvalue weighted by Crippen LogP contribution is -2.42. The van der Waals surface area contributed by atoms with Crippen molar-refractivity contribution < 1.29 is 22.7 Å². The number of carbonyl (C=O) groups is 1. The van der Waals surface area contributed by atoms with Gasteiger partial charge in [0.15, 0.2) is 5.76 Å². The van der Waals surface area contributed by atoms with Crippen molar-refractivity contribution in [2.75, 3.05) is 19.7 Å². The highest BCUT2D eigenvalue weighted by atomic mass is 19.1. The number of rotatable bonds is 3. The SMILES string of the molecule is O=C(c1ccc(-c2ccc(F)cc2)o1)N1CCOC(c2ccc(F)cc2)C1. The summed E-state index contributed by atoms with van der Waals surface area (Å²) in [6.07, 6.45) is -0.310. The van der Waals surface area contributed by atoms with E-state index in [9.17, 15) is 13.6 Å². The summed E-state index contributed by atoms with van der Waals surface area (Å²) in [7, 11) is 0.